The molecule has 0 saturated heterocycles. The smallest absolute Gasteiger partial charge is 0.231 e. The fourth-order valence-electron chi connectivity index (χ4n) is 5.28. The third-order valence-electron chi connectivity index (χ3n) is 7.01. The summed E-state index contributed by atoms with van der Waals surface area (Å²) in [5, 5.41) is 1.60. The van der Waals surface area contributed by atoms with Crippen molar-refractivity contribution in [1.82, 2.24) is 15.0 Å². The third-order valence-corrected chi connectivity index (χ3v) is 14.6. The van der Waals surface area contributed by atoms with Gasteiger partial charge in [-0.15, -0.1) is 5.54 Å². The first kappa shape index (κ1) is 25.5. The minimum atomic E-state index is -1.88. The standard InChI is InChI=1S/C25H36BrN3OSSi/c1-16(2)32(17(3)4,18(5)6)13-12-20-21-14-27-25(31-7)29-23(21)28-24(22(20)26)30-15-19-10-8-9-11-19/h14,16-19H,8-11,15H2,1-7H3. The summed E-state index contributed by atoms with van der Waals surface area (Å²) in [7, 11) is -1.88. The number of aromatic nitrogens is 3. The zero-order valence-corrected chi connectivity index (χ0v) is 23.9. The first-order chi connectivity index (χ1) is 15.2. The van der Waals surface area contributed by atoms with E-state index in [0.29, 0.717) is 45.8 Å². The molecule has 0 aliphatic heterocycles. The van der Waals surface area contributed by atoms with Gasteiger partial charge >= 0.3 is 0 Å². The Bertz CT molecular complexity index is 988. The Morgan fingerprint density at radius 3 is 2.28 bits per heavy atom. The van der Waals surface area contributed by atoms with Gasteiger partial charge < -0.3 is 4.74 Å². The molecule has 0 bridgehead atoms. The Labute approximate surface area is 207 Å². The number of halogens is 1. The maximum absolute atomic E-state index is 6.24. The number of rotatable bonds is 7. The molecular formula is C25H36BrN3OSSi. The quantitative estimate of drug-likeness (QED) is 0.158. The fourth-order valence-corrected chi connectivity index (χ4v) is 11.3. The van der Waals surface area contributed by atoms with E-state index < -0.39 is 8.07 Å². The molecule has 0 spiro atoms. The summed E-state index contributed by atoms with van der Waals surface area (Å²) in [6.45, 7) is 14.7. The number of nitrogens with zero attached hydrogens (tertiary/aromatic N) is 3. The lowest BCUT2D eigenvalue weighted by Gasteiger charge is -2.38. The molecule has 0 radical (unpaired) electrons. The van der Waals surface area contributed by atoms with E-state index in [1.807, 2.05) is 12.5 Å². The maximum atomic E-state index is 6.24. The van der Waals surface area contributed by atoms with Crippen molar-refractivity contribution < 1.29 is 4.74 Å². The second-order valence-corrected chi connectivity index (χ2v) is 17.0. The zero-order valence-electron chi connectivity index (χ0n) is 20.5. The molecule has 0 N–H and O–H groups in total. The summed E-state index contributed by atoms with van der Waals surface area (Å²) in [6.07, 6.45) is 8.91. The van der Waals surface area contributed by atoms with E-state index in [4.69, 9.17) is 9.72 Å². The highest BCUT2D eigenvalue weighted by Crippen LogP contribution is 2.41. The number of fused-ring (bicyclic) bond motifs is 1. The van der Waals surface area contributed by atoms with Crippen LogP contribution < -0.4 is 4.74 Å². The van der Waals surface area contributed by atoms with Gasteiger partial charge in [-0.05, 0) is 57.6 Å². The minimum Gasteiger partial charge on any atom is -0.476 e. The van der Waals surface area contributed by atoms with Gasteiger partial charge in [0.25, 0.3) is 0 Å². The lowest BCUT2D eigenvalue weighted by atomic mass is 10.1. The Balaban J connectivity index is 2.14. The third kappa shape index (κ3) is 5.18. The molecule has 7 heteroatoms. The first-order valence-electron chi connectivity index (χ1n) is 11.8. The number of thioether (sulfide) groups is 1. The van der Waals surface area contributed by atoms with Gasteiger partial charge in [-0.1, -0.05) is 72.1 Å². The van der Waals surface area contributed by atoms with Crippen molar-refractivity contribution in [3.8, 4) is 17.3 Å². The summed E-state index contributed by atoms with van der Waals surface area (Å²) < 4.78 is 7.06. The Kier molecular flexibility index (Phi) is 8.68. The summed E-state index contributed by atoms with van der Waals surface area (Å²) in [4.78, 5) is 13.9. The van der Waals surface area contributed by atoms with Crippen LogP contribution in [0.1, 0.15) is 72.8 Å². The topological polar surface area (TPSA) is 47.9 Å². The van der Waals surface area contributed by atoms with Crippen LogP contribution in [-0.2, 0) is 0 Å². The predicted octanol–water partition coefficient (Wildman–Crippen LogP) is 7.65. The largest absolute Gasteiger partial charge is 0.476 e. The molecule has 32 heavy (non-hydrogen) atoms. The van der Waals surface area contributed by atoms with Crippen LogP contribution >= 0.6 is 27.7 Å². The van der Waals surface area contributed by atoms with Crippen molar-refractivity contribution >= 4 is 46.8 Å². The van der Waals surface area contributed by atoms with Crippen LogP contribution in [0.5, 0.6) is 5.88 Å². The number of pyridine rings is 1. The Morgan fingerprint density at radius 2 is 1.72 bits per heavy atom. The van der Waals surface area contributed by atoms with Crippen LogP contribution in [-0.4, -0.2) is 35.9 Å². The highest BCUT2D eigenvalue weighted by Gasteiger charge is 2.41. The average Bonchev–Trinajstić information content (AvgIpc) is 3.26. The summed E-state index contributed by atoms with van der Waals surface area (Å²) in [5.74, 6) is 4.82. The van der Waals surface area contributed by atoms with Crippen LogP contribution in [0.25, 0.3) is 11.0 Å². The van der Waals surface area contributed by atoms with E-state index in [0.717, 1.165) is 15.4 Å². The molecule has 0 atom stereocenters. The Hall–Kier alpha value is -1.10. The second-order valence-electron chi connectivity index (χ2n) is 9.81. The second kappa shape index (κ2) is 10.9. The fraction of sp³-hybridized carbons (Fsp3) is 0.640. The molecule has 1 fully saturated rings. The van der Waals surface area contributed by atoms with Crippen molar-refractivity contribution in [2.24, 2.45) is 5.92 Å². The molecule has 3 rings (SSSR count). The molecule has 0 aromatic carbocycles. The number of ether oxygens (including phenoxy) is 1. The van der Waals surface area contributed by atoms with Crippen molar-refractivity contribution in [1.29, 1.82) is 0 Å². The molecular weight excluding hydrogens is 498 g/mol. The highest BCUT2D eigenvalue weighted by atomic mass is 79.9. The summed E-state index contributed by atoms with van der Waals surface area (Å²) in [5.41, 5.74) is 7.12. The van der Waals surface area contributed by atoms with E-state index >= 15 is 0 Å². The van der Waals surface area contributed by atoms with Crippen LogP contribution in [0.15, 0.2) is 15.8 Å². The van der Waals surface area contributed by atoms with Gasteiger partial charge in [-0.25, -0.2) is 9.97 Å². The van der Waals surface area contributed by atoms with E-state index in [-0.39, 0.29) is 0 Å². The molecule has 1 aliphatic carbocycles. The lowest BCUT2D eigenvalue weighted by molar-refractivity contribution is 0.242. The molecule has 2 heterocycles. The molecule has 1 saturated carbocycles. The summed E-state index contributed by atoms with van der Waals surface area (Å²) in [6, 6.07) is 0. The van der Waals surface area contributed by atoms with Crippen molar-refractivity contribution in [3.63, 3.8) is 0 Å². The Morgan fingerprint density at radius 1 is 1.09 bits per heavy atom. The SMILES string of the molecule is CSc1ncc2c(C#C[Si](C(C)C)(C(C)C)C(C)C)c(Br)c(OCC3CCCC3)nc2n1. The maximum Gasteiger partial charge on any atom is 0.231 e. The molecule has 174 valence electrons. The molecule has 0 amide bonds. The monoisotopic (exact) mass is 533 g/mol. The zero-order chi connectivity index (χ0) is 23.5. The number of hydrogen-bond donors (Lipinski definition) is 0. The van der Waals surface area contributed by atoms with Gasteiger partial charge in [-0.3, -0.25) is 0 Å². The van der Waals surface area contributed by atoms with Crippen molar-refractivity contribution in [3.05, 3.63) is 16.2 Å². The van der Waals surface area contributed by atoms with E-state index in [2.05, 4.69) is 78.9 Å². The van der Waals surface area contributed by atoms with E-state index in [9.17, 15) is 0 Å². The van der Waals surface area contributed by atoms with E-state index in [1.165, 1.54) is 37.4 Å². The van der Waals surface area contributed by atoms with Gasteiger partial charge in [0.2, 0.25) is 5.88 Å². The van der Waals surface area contributed by atoms with Gasteiger partial charge in [-0.2, -0.15) is 4.98 Å². The van der Waals surface area contributed by atoms with Crippen LogP contribution in [0.3, 0.4) is 0 Å². The van der Waals surface area contributed by atoms with Crippen LogP contribution in [0.2, 0.25) is 16.6 Å². The van der Waals surface area contributed by atoms with Gasteiger partial charge in [0.1, 0.15) is 8.07 Å². The molecule has 2 aromatic heterocycles. The molecule has 4 nitrogen and oxygen atoms in total. The normalized spacial score (nSPS) is 15.1. The van der Waals surface area contributed by atoms with Crippen LogP contribution in [0, 0.1) is 17.4 Å². The molecule has 2 aromatic rings. The molecule has 1 aliphatic rings. The lowest BCUT2D eigenvalue weighted by Crippen LogP contribution is -2.43. The van der Waals surface area contributed by atoms with E-state index in [1.54, 1.807) is 0 Å². The predicted molar refractivity (Wildman–Crippen MR) is 142 cm³/mol. The number of hydrogen-bond acceptors (Lipinski definition) is 5. The van der Waals surface area contributed by atoms with Gasteiger partial charge in [0, 0.05) is 6.20 Å². The molecule has 0 unspecified atom stereocenters. The summed E-state index contributed by atoms with van der Waals surface area (Å²) >= 11 is 5.31. The van der Waals surface area contributed by atoms with Gasteiger partial charge in [0.15, 0.2) is 10.8 Å². The van der Waals surface area contributed by atoms with Crippen LogP contribution in [0.4, 0.5) is 0 Å². The van der Waals surface area contributed by atoms with Crippen molar-refractivity contribution in [2.75, 3.05) is 12.9 Å². The van der Waals surface area contributed by atoms with Crippen molar-refractivity contribution in [2.45, 2.75) is 89.0 Å². The minimum absolute atomic E-state index is 0.569. The average molecular weight is 535 g/mol. The highest BCUT2D eigenvalue weighted by molar-refractivity contribution is 9.10. The first-order valence-corrected chi connectivity index (χ1v) is 16.0. The van der Waals surface area contributed by atoms with Gasteiger partial charge in [0.05, 0.1) is 22.0 Å².